The highest BCUT2D eigenvalue weighted by Gasteiger charge is 2.24. The highest BCUT2D eigenvalue weighted by atomic mass is 16.5. The lowest BCUT2D eigenvalue weighted by atomic mass is 9.80. The van der Waals surface area contributed by atoms with Gasteiger partial charge in [0.2, 0.25) is 5.91 Å². The summed E-state index contributed by atoms with van der Waals surface area (Å²) in [7, 11) is 4.00. The first-order valence-electron chi connectivity index (χ1n) is 12.3. The van der Waals surface area contributed by atoms with Crippen LogP contribution >= 0.6 is 0 Å². The Balaban J connectivity index is 0.00000304. The number of Topliss-reactive ketones (excluding diaryl/α,β-unsaturated/α-hetero) is 1. The molecule has 2 aromatic carbocycles. The van der Waals surface area contributed by atoms with Crippen LogP contribution in [0.3, 0.4) is 0 Å². The molecular weight excluding hydrogens is 450 g/mol. The second-order valence-corrected chi connectivity index (χ2v) is 9.90. The quantitative estimate of drug-likeness (QED) is 0.424. The van der Waals surface area contributed by atoms with Crippen LogP contribution < -0.4 is 15.0 Å². The third kappa shape index (κ3) is 5.43. The van der Waals surface area contributed by atoms with Crippen LogP contribution in [0, 0.1) is 12.8 Å². The number of nitrogens with one attached hydrogen (secondary N) is 1. The number of aromatic nitrogens is 1. The van der Waals surface area contributed by atoms with Crippen LogP contribution in [0.2, 0.25) is 0 Å². The topological polar surface area (TPSA) is 71.5 Å². The zero-order valence-electron chi connectivity index (χ0n) is 20.6. The first kappa shape index (κ1) is 25.4. The summed E-state index contributed by atoms with van der Waals surface area (Å²) in [6, 6.07) is 14.2. The molecule has 0 radical (unpaired) electrons. The zero-order chi connectivity index (χ0) is 24.5. The lowest BCUT2D eigenvalue weighted by Crippen LogP contribution is -2.20. The molecule has 5 rings (SSSR count). The summed E-state index contributed by atoms with van der Waals surface area (Å²) in [4.78, 5) is 31.2. The molecule has 188 valence electrons. The predicted molar refractivity (Wildman–Crippen MR) is 144 cm³/mol. The molecule has 0 fully saturated rings. The molecule has 6 nitrogen and oxygen atoms in total. The second kappa shape index (κ2) is 10.5. The van der Waals surface area contributed by atoms with Gasteiger partial charge >= 0.3 is 0 Å². The molecule has 1 aliphatic carbocycles. The van der Waals surface area contributed by atoms with Crippen molar-refractivity contribution in [1.82, 2.24) is 4.98 Å². The highest BCUT2D eigenvalue weighted by molar-refractivity contribution is 5.97. The molecule has 0 saturated heterocycles. The van der Waals surface area contributed by atoms with Gasteiger partial charge in [0.05, 0.1) is 0 Å². The van der Waals surface area contributed by atoms with Crippen molar-refractivity contribution in [2.45, 2.75) is 52.9 Å². The predicted octanol–water partition coefficient (Wildman–Crippen LogP) is 6.15. The monoisotopic (exact) mass is 485 g/mol. The number of carbonyl (C=O) groups is 2. The van der Waals surface area contributed by atoms with Gasteiger partial charge in [-0.05, 0) is 91.6 Å². The third-order valence-electron chi connectivity index (χ3n) is 6.98. The molecule has 0 spiro atoms. The summed E-state index contributed by atoms with van der Waals surface area (Å²) in [6.07, 6.45) is 6.13. The van der Waals surface area contributed by atoms with Gasteiger partial charge < -0.3 is 15.0 Å². The van der Waals surface area contributed by atoms with E-state index in [4.69, 9.17) is 4.74 Å². The number of hydrogen-bond donors (Lipinski definition) is 1. The summed E-state index contributed by atoms with van der Waals surface area (Å²) in [5, 5.41) is 2.82. The first-order chi connectivity index (χ1) is 16.9. The van der Waals surface area contributed by atoms with Crippen molar-refractivity contribution in [2.75, 3.05) is 24.3 Å². The zero-order valence-corrected chi connectivity index (χ0v) is 20.6. The van der Waals surface area contributed by atoms with Crippen molar-refractivity contribution in [3.05, 3.63) is 76.5 Å². The van der Waals surface area contributed by atoms with E-state index in [-0.39, 0.29) is 19.1 Å². The summed E-state index contributed by atoms with van der Waals surface area (Å²) >= 11 is 0. The minimum Gasteiger partial charge on any atom is -0.457 e. The largest absolute Gasteiger partial charge is 0.457 e. The fourth-order valence-corrected chi connectivity index (χ4v) is 5.09. The van der Waals surface area contributed by atoms with Crippen LogP contribution in [0.25, 0.3) is 0 Å². The van der Waals surface area contributed by atoms with Gasteiger partial charge in [-0.1, -0.05) is 13.5 Å². The third-order valence-corrected chi connectivity index (χ3v) is 6.98. The number of rotatable bonds is 6. The van der Waals surface area contributed by atoms with E-state index < -0.39 is 0 Å². The summed E-state index contributed by atoms with van der Waals surface area (Å²) in [5.41, 5.74) is 6.47. The minimum absolute atomic E-state index is 0. The molecule has 1 aromatic heterocycles. The molecule has 6 heteroatoms. The van der Waals surface area contributed by atoms with E-state index in [9.17, 15) is 9.59 Å². The minimum atomic E-state index is -0.0138. The number of aryl methyl sites for hydroxylation is 2. The van der Waals surface area contributed by atoms with Crippen molar-refractivity contribution < 1.29 is 14.3 Å². The van der Waals surface area contributed by atoms with Gasteiger partial charge in [-0.15, -0.1) is 0 Å². The van der Waals surface area contributed by atoms with Gasteiger partial charge in [0.25, 0.3) is 0 Å². The van der Waals surface area contributed by atoms with E-state index in [2.05, 4.69) is 28.5 Å². The van der Waals surface area contributed by atoms with Gasteiger partial charge in [-0.2, -0.15) is 0 Å². The summed E-state index contributed by atoms with van der Waals surface area (Å²) in [6.45, 7) is 2.04. The van der Waals surface area contributed by atoms with Crippen LogP contribution in [0.15, 0.2) is 48.7 Å². The van der Waals surface area contributed by atoms with E-state index in [1.165, 1.54) is 11.1 Å². The average molecular weight is 486 g/mol. The number of benzene rings is 2. The number of carbonyl (C=O) groups excluding carboxylic acids is 2. The Hall–Kier alpha value is -3.67. The molecule has 36 heavy (non-hydrogen) atoms. The Morgan fingerprint density at radius 1 is 1.08 bits per heavy atom. The fraction of sp³-hybridized carbons (Fsp3) is 0.367. The molecule has 0 unspecified atom stereocenters. The van der Waals surface area contributed by atoms with Gasteiger partial charge in [0, 0.05) is 49.9 Å². The number of pyridine rings is 1. The lowest BCUT2D eigenvalue weighted by Gasteiger charge is -2.25. The summed E-state index contributed by atoms with van der Waals surface area (Å²) in [5.74, 6) is 2.61. The van der Waals surface area contributed by atoms with Crippen molar-refractivity contribution in [2.24, 2.45) is 5.92 Å². The molecule has 3 aromatic rings. The summed E-state index contributed by atoms with van der Waals surface area (Å²) < 4.78 is 6.25. The SMILES string of the molecule is C.Cc1cc(C(=O)C[C@@H]2CCc3ccc(Oc4ccnc5c4CCC(=O)N5)cc3C2)cc(N(C)C)c1. The molecular formula is C30H35N3O3. The van der Waals surface area contributed by atoms with Crippen molar-refractivity contribution >= 4 is 23.2 Å². The molecule has 1 atom stereocenters. The Labute approximate surface area is 213 Å². The number of ether oxygens (including phenoxy) is 1. The number of anilines is 2. The Bertz CT molecular complexity index is 1300. The van der Waals surface area contributed by atoms with Gasteiger partial charge in [-0.3, -0.25) is 9.59 Å². The molecule has 1 aliphatic heterocycles. The number of hydrogen-bond acceptors (Lipinski definition) is 5. The van der Waals surface area contributed by atoms with E-state index in [1.54, 1.807) is 6.20 Å². The maximum Gasteiger partial charge on any atom is 0.225 e. The van der Waals surface area contributed by atoms with Crippen LogP contribution in [-0.4, -0.2) is 30.8 Å². The number of fused-ring (bicyclic) bond motifs is 2. The van der Waals surface area contributed by atoms with Crippen LogP contribution in [0.4, 0.5) is 11.5 Å². The normalized spacial score (nSPS) is 16.2. The molecule has 1 N–H and O–H groups in total. The maximum atomic E-state index is 13.1. The number of amides is 1. The molecule has 2 aliphatic rings. The second-order valence-electron chi connectivity index (χ2n) is 9.90. The van der Waals surface area contributed by atoms with Crippen LogP contribution in [0.5, 0.6) is 11.5 Å². The molecule has 1 amide bonds. The Morgan fingerprint density at radius 2 is 1.92 bits per heavy atom. The number of ketones is 1. The van der Waals surface area contributed by atoms with Gasteiger partial charge in [0.1, 0.15) is 17.3 Å². The van der Waals surface area contributed by atoms with E-state index in [1.807, 2.05) is 50.2 Å². The molecule has 0 bridgehead atoms. The lowest BCUT2D eigenvalue weighted by molar-refractivity contribution is -0.116. The smallest absolute Gasteiger partial charge is 0.225 e. The Morgan fingerprint density at radius 3 is 2.72 bits per heavy atom. The van der Waals surface area contributed by atoms with Crippen molar-refractivity contribution in [3.63, 3.8) is 0 Å². The van der Waals surface area contributed by atoms with Crippen LogP contribution in [-0.2, 0) is 24.1 Å². The van der Waals surface area contributed by atoms with E-state index in [0.717, 1.165) is 53.1 Å². The maximum absolute atomic E-state index is 13.1. The van der Waals surface area contributed by atoms with Gasteiger partial charge in [0.15, 0.2) is 5.78 Å². The Kier molecular flexibility index (Phi) is 7.43. The highest BCUT2D eigenvalue weighted by Crippen LogP contribution is 2.36. The van der Waals surface area contributed by atoms with Crippen LogP contribution in [0.1, 0.15) is 59.3 Å². The van der Waals surface area contributed by atoms with E-state index >= 15 is 0 Å². The van der Waals surface area contributed by atoms with Crippen molar-refractivity contribution in [3.8, 4) is 11.5 Å². The van der Waals surface area contributed by atoms with Gasteiger partial charge in [-0.25, -0.2) is 4.98 Å². The van der Waals surface area contributed by atoms with E-state index in [0.29, 0.717) is 31.0 Å². The number of nitrogens with zero attached hydrogens (tertiary/aromatic N) is 2. The standard InChI is InChI=1S/C29H31N3O3.CH4/c1-18-12-22(16-23(13-18)32(2)3)26(33)15-19-4-5-20-6-7-24(17-21(20)14-19)35-27-10-11-30-29-25(27)8-9-28(34)31-29;/h6-7,10-13,16-17,19H,4-5,8-9,14-15H2,1-3H3,(H,30,31,34);1H4/t19-;/m1./s1. The molecule has 2 heterocycles. The fourth-order valence-electron chi connectivity index (χ4n) is 5.09. The first-order valence-corrected chi connectivity index (χ1v) is 12.3. The molecule has 0 saturated carbocycles. The van der Waals surface area contributed by atoms with Crippen molar-refractivity contribution in [1.29, 1.82) is 0 Å². The average Bonchev–Trinajstić information content (AvgIpc) is 2.83.